The predicted octanol–water partition coefficient (Wildman–Crippen LogP) is 1.54. The van der Waals surface area contributed by atoms with Gasteiger partial charge in [0.05, 0.1) is 18.2 Å². The van der Waals surface area contributed by atoms with Gasteiger partial charge in [0.15, 0.2) is 0 Å². The van der Waals surface area contributed by atoms with Gasteiger partial charge < -0.3 is 21.1 Å². The lowest BCUT2D eigenvalue weighted by Gasteiger charge is -2.37. The highest BCUT2D eigenvalue weighted by molar-refractivity contribution is 5.77. The molecule has 0 aromatic carbocycles. The molecule has 0 spiro atoms. The number of rotatable bonds is 5. The van der Waals surface area contributed by atoms with Gasteiger partial charge in [-0.3, -0.25) is 4.79 Å². The van der Waals surface area contributed by atoms with Crippen LogP contribution in [0.2, 0.25) is 0 Å². The fraction of sp³-hybridized carbons (Fsp3) is 0.600. The van der Waals surface area contributed by atoms with E-state index in [0.29, 0.717) is 30.8 Å². The monoisotopic (exact) mass is 292 g/mol. The highest BCUT2D eigenvalue weighted by atomic mass is 16.5. The van der Waals surface area contributed by atoms with Crippen molar-refractivity contribution in [2.45, 2.75) is 39.2 Å². The van der Waals surface area contributed by atoms with Crippen molar-refractivity contribution in [3.8, 4) is 5.88 Å². The molecule has 1 aliphatic heterocycles. The molecule has 6 nitrogen and oxygen atoms in total. The Morgan fingerprint density at radius 1 is 1.48 bits per heavy atom. The summed E-state index contributed by atoms with van der Waals surface area (Å²) in [6.07, 6.45) is 2.65. The molecular formula is C15H24N4O2. The van der Waals surface area contributed by atoms with Crippen LogP contribution in [0, 0.1) is 5.92 Å². The number of anilines is 2. The van der Waals surface area contributed by atoms with E-state index >= 15 is 0 Å². The molecule has 6 heteroatoms. The molecule has 1 amide bonds. The number of ether oxygens (including phenoxy) is 1. The van der Waals surface area contributed by atoms with Crippen molar-refractivity contribution in [3.05, 3.63) is 12.1 Å². The molecule has 21 heavy (non-hydrogen) atoms. The van der Waals surface area contributed by atoms with Crippen LogP contribution in [0.15, 0.2) is 12.1 Å². The molecule has 2 heterocycles. The summed E-state index contributed by atoms with van der Waals surface area (Å²) >= 11 is 0. The fourth-order valence-corrected chi connectivity index (χ4v) is 2.57. The number of nitrogens with zero attached hydrogens (tertiary/aromatic N) is 2. The lowest BCUT2D eigenvalue weighted by atomic mass is 9.93. The van der Waals surface area contributed by atoms with Gasteiger partial charge >= 0.3 is 0 Å². The number of aromatic nitrogens is 1. The van der Waals surface area contributed by atoms with Crippen molar-refractivity contribution in [1.82, 2.24) is 4.98 Å². The maximum absolute atomic E-state index is 11.4. The minimum atomic E-state index is -0.246. The fourth-order valence-electron chi connectivity index (χ4n) is 2.57. The first-order valence-corrected chi connectivity index (χ1v) is 7.48. The second-order valence-electron chi connectivity index (χ2n) is 5.59. The summed E-state index contributed by atoms with van der Waals surface area (Å²) in [5.74, 6) is 0.877. The number of piperidine rings is 1. The third-order valence-electron chi connectivity index (χ3n) is 3.90. The zero-order chi connectivity index (χ0) is 15.4. The summed E-state index contributed by atoms with van der Waals surface area (Å²) in [4.78, 5) is 18.0. The first-order chi connectivity index (χ1) is 10.0. The number of hydrogen-bond donors (Lipinski definition) is 2. The van der Waals surface area contributed by atoms with Crippen LogP contribution >= 0.6 is 0 Å². The lowest BCUT2D eigenvalue weighted by Crippen LogP contribution is -2.46. The van der Waals surface area contributed by atoms with Gasteiger partial charge in [0.1, 0.15) is 5.82 Å². The molecule has 1 aromatic rings. The molecule has 0 aliphatic carbocycles. The van der Waals surface area contributed by atoms with Gasteiger partial charge in [0.25, 0.3) is 0 Å². The molecule has 1 fully saturated rings. The van der Waals surface area contributed by atoms with Gasteiger partial charge in [-0.25, -0.2) is 0 Å². The minimum absolute atomic E-state index is 0.124. The average Bonchev–Trinajstić information content (AvgIpc) is 2.47. The van der Waals surface area contributed by atoms with E-state index in [1.54, 1.807) is 6.07 Å². The quantitative estimate of drug-likeness (QED) is 0.858. The normalized spacial score (nSPS) is 22.1. The second-order valence-corrected chi connectivity index (χ2v) is 5.59. The Hall–Kier alpha value is -1.98. The summed E-state index contributed by atoms with van der Waals surface area (Å²) in [6.45, 7) is 5.34. The summed E-state index contributed by atoms with van der Waals surface area (Å²) in [7, 11) is 0. The van der Waals surface area contributed by atoms with Gasteiger partial charge in [-0.2, -0.15) is 4.98 Å². The number of nitrogen functional groups attached to an aromatic ring is 1. The molecule has 1 aromatic heterocycles. The molecule has 4 N–H and O–H groups in total. The van der Waals surface area contributed by atoms with E-state index in [9.17, 15) is 4.79 Å². The van der Waals surface area contributed by atoms with Gasteiger partial charge in [-0.1, -0.05) is 6.92 Å². The van der Waals surface area contributed by atoms with Gasteiger partial charge in [0.2, 0.25) is 11.8 Å². The van der Waals surface area contributed by atoms with E-state index in [1.165, 1.54) is 0 Å². The zero-order valence-corrected chi connectivity index (χ0v) is 12.7. The van der Waals surface area contributed by atoms with Crippen molar-refractivity contribution in [1.29, 1.82) is 0 Å². The van der Waals surface area contributed by atoms with Crippen LogP contribution in [0.1, 0.15) is 33.1 Å². The molecule has 0 saturated carbocycles. The molecule has 2 atom stereocenters. The standard InChI is InChI=1S/C15H24N4O2/c1-3-8-21-15-12(16)6-7-13(18-15)19-9-11(14(17)20)5-4-10(19)2/h6-7,10-11H,3-5,8-9,16H2,1-2H3,(H2,17,20). The molecule has 116 valence electrons. The Bertz CT molecular complexity index is 506. The van der Waals surface area contributed by atoms with E-state index in [2.05, 4.69) is 16.8 Å². The Balaban J connectivity index is 2.20. The number of carbonyl (C=O) groups is 1. The number of pyridine rings is 1. The average molecular weight is 292 g/mol. The van der Waals surface area contributed by atoms with Crippen molar-refractivity contribution < 1.29 is 9.53 Å². The largest absolute Gasteiger partial charge is 0.476 e. The molecule has 0 radical (unpaired) electrons. The molecule has 2 unspecified atom stereocenters. The van der Waals surface area contributed by atoms with E-state index in [4.69, 9.17) is 16.2 Å². The molecule has 2 rings (SSSR count). The Kier molecular flexibility index (Phi) is 4.88. The van der Waals surface area contributed by atoms with Gasteiger partial charge in [-0.05, 0) is 38.3 Å². The highest BCUT2D eigenvalue weighted by Gasteiger charge is 2.29. The van der Waals surface area contributed by atoms with E-state index in [0.717, 1.165) is 25.1 Å². The topological polar surface area (TPSA) is 94.5 Å². The minimum Gasteiger partial charge on any atom is -0.476 e. The van der Waals surface area contributed by atoms with Crippen LogP contribution in [-0.4, -0.2) is 30.1 Å². The third-order valence-corrected chi connectivity index (χ3v) is 3.90. The third kappa shape index (κ3) is 3.56. The van der Waals surface area contributed by atoms with Gasteiger partial charge in [-0.15, -0.1) is 0 Å². The predicted molar refractivity (Wildman–Crippen MR) is 83.2 cm³/mol. The van der Waals surface area contributed by atoms with Crippen LogP contribution in [0.25, 0.3) is 0 Å². The second kappa shape index (κ2) is 6.65. The molecule has 1 aliphatic rings. The van der Waals surface area contributed by atoms with Crippen LogP contribution < -0.4 is 21.1 Å². The van der Waals surface area contributed by atoms with Crippen molar-refractivity contribution >= 4 is 17.4 Å². The lowest BCUT2D eigenvalue weighted by molar-refractivity contribution is -0.122. The summed E-state index contributed by atoms with van der Waals surface area (Å²) in [6, 6.07) is 3.98. The van der Waals surface area contributed by atoms with Gasteiger partial charge in [0, 0.05) is 12.6 Å². The Morgan fingerprint density at radius 2 is 2.24 bits per heavy atom. The number of primary amides is 1. The summed E-state index contributed by atoms with van der Waals surface area (Å²) < 4.78 is 5.57. The van der Waals surface area contributed by atoms with Crippen LogP contribution in [-0.2, 0) is 4.79 Å². The highest BCUT2D eigenvalue weighted by Crippen LogP contribution is 2.29. The number of nitrogens with two attached hydrogens (primary N) is 2. The maximum atomic E-state index is 11.4. The van der Waals surface area contributed by atoms with E-state index in [-0.39, 0.29) is 11.8 Å². The first-order valence-electron chi connectivity index (χ1n) is 7.48. The zero-order valence-electron chi connectivity index (χ0n) is 12.7. The molecule has 0 bridgehead atoms. The smallest absolute Gasteiger partial charge is 0.239 e. The van der Waals surface area contributed by atoms with Crippen molar-refractivity contribution in [2.24, 2.45) is 11.7 Å². The van der Waals surface area contributed by atoms with Crippen LogP contribution in [0.5, 0.6) is 5.88 Å². The van der Waals surface area contributed by atoms with E-state index < -0.39 is 0 Å². The number of amides is 1. The first kappa shape index (κ1) is 15.4. The number of hydrogen-bond acceptors (Lipinski definition) is 5. The maximum Gasteiger partial charge on any atom is 0.239 e. The van der Waals surface area contributed by atoms with Crippen LogP contribution in [0.3, 0.4) is 0 Å². The summed E-state index contributed by atoms with van der Waals surface area (Å²) in [5.41, 5.74) is 11.9. The Morgan fingerprint density at radius 3 is 2.90 bits per heavy atom. The van der Waals surface area contributed by atoms with Crippen molar-refractivity contribution in [2.75, 3.05) is 23.8 Å². The number of carbonyl (C=O) groups excluding carboxylic acids is 1. The SMILES string of the molecule is CCCOc1nc(N2CC(C(N)=O)CCC2C)ccc1N. The Labute approximate surface area is 125 Å². The van der Waals surface area contributed by atoms with Crippen LogP contribution in [0.4, 0.5) is 11.5 Å². The summed E-state index contributed by atoms with van der Waals surface area (Å²) in [5, 5.41) is 0. The van der Waals surface area contributed by atoms with Crippen molar-refractivity contribution in [3.63, 3.8) is 0 Å². The molecular weight excluding hydrogens is 268 g/mol. The molecule has 1 saturated heterocycles. The van der Waals surface area contributed by atoms with E-state index in [1.807, 2.05) is 13.0 Å².